The van der Waals surface area contributed by atoms with Crippen LogP contribution in [0.25, 0.3) is 0 Å². The van der Waals surface area contributed by atoms with Crippen LogP contribution >= 0.6 is 28.6 Å². The zero-order valence-corrected chi connectivity index (χ0v) is 7.97. The van der Waals surface area contributed by atoms with E-state index >= 15 is 0 Å². The lowest BCUT2D eigenvalue weighted by Gasteiger charge is -1.98. The van der Waals surface area contributed by atoms with Crippen molar-refractivity contribution in [2.24, 2.45) is 0 Å². The molecular weight excluding hydrogens is 215 g/mol. The summed E-state index contributed by atoms with van der Waals surface area (Å²) in [7, 11) is 1.60. The number of hydrogen-bond acceptors (Lipinski definition) is 1. The van der Waals surface area contributed by atoms with E-state index < -0.39 is 0 Å². The van der Waals surface area contributed by atoms with Gasteiger partial charge in [0.2, 0.25) is 0 Å². The molecule has 0 amide bonds. The summed E-state index contributed by atoms with van der Waals surface area (Å²) in [5.74, 6) is 0.721. The number of rotatable bonds is 1. The molecular formula is C7H8BrClO. The van der Waals surface area contributed by atoms with Crippen LogP contribution in [0.3, 0.4) is 0 Å². The summed E-state index contributed by atoms with van der Waals surface area (Å²) in [6, 6.07) is 7.36. The molecule has 0 fully saturated rings. The second-order valence-corrected chi connectivity index (χ2v) is 2.04. The highest BCUT2D eigenvalue weighted by Gasteiger charge is 1.93. The normalized spacial score (nSPS) is 8.20. The van der Waals surface area contributed by atoms with E-state index in [2.05, 4.69) is 0 Å². The summed E-state index contributed by atoms with van der Waals surface area (Å²) in [5.41, 5.74) is 0. The standard InChI is InChI=1S/C7H7ClO.BrH/c1-9-7-5-3-2-4-6(7)8;/h2-5H,1H3;1H. The first-order valence-electron chi connectivity index (χ1n) is 2.63. The second-order valence-electron chi connectivity index (χ2n) is 1.63. The molecule has 0 bridgehead atoms. The average Bonchev–Trinajstić information content (AvgIpc) is 1.89. The molecule has 0 saturated carbocycles. The van der Waals surface area contributed by atoms with Crippen LogP contribution in [0.4, 0.5) is 0 Å². The fourth-order valence-electron chi connectivity index (χ4n) is 0.610. The van der Waals surface area contributed by atoms with Gasteiger partial charge in [-0.25, -0.2) is 0 Å². The summed E-state index contributed by atoms with van der Waals surface area (Å²) < 4.78 is 4.91. The molecule has 1 nitrogen and oxygen atoms in total. The molecule has 1 rings (SSSR count). The van der Waals surface area contributed by atoms with Gasteiger partial charge in [-0.1, -0.05) is 23.7 Å². The van der Waals surface area contributed by atoms with Crippen molar-refractivity contribution in [3.05, 3.63) is 29.3 Å². The summed E-state index contributed by atoms with van der Waals surface area (Å²) in [6.07, 6.45) is 0. The lowest BCUT2D eigenvalue weighted by Crippen LogP contribution is -1.81. The molecule has 1 aromatic rings. The van der Waals surface area contributed by atoms with Crippen LogP contribution in [0, 0.1) is 0 Å². The SMILES string of the molecule is Br.COc1ccccc1Cl. The highest BCUT2D eigenvalue weighted by atomic mass is 79.9. The number of halogens is 2. The Morgan fingerprint density at radius 3 is 2.30 bits per heavy atom. The molecule has 1 aromatic carbocycles. The third-order valence-corrected chi connectivity index (χ3v) is 1.37. The van der Waals surface area contributed by atoms with Gasteiger partial charge in [-0.05, 0) is 12.1 Å². The Bertz CT molecular complexity index is 203. The van der Waals surface area contributed by atoms with Crippen molar-refractivity contribution in [3.63, 3.8) is 0 Å². The van der Waals surface area contributed by atoms with Crippen molar-refractivity contribution >= 4 is 28.6 Å². The number of para-hydroxylation sites is 1. The van der Waals surface area contributed by atoms with Crippen molar-refractivity contribution in [1.82, 2.24) is 0 Å². The Morgan fingerprint density at radius 2 is 1.90 bits per heavy atom. The van der Waals surface area contributed by atoms with E-state index in [1.165, 1.54) is 0 Å². The maximum Gasteiger partial charge on any atom is 0.137 e. The van der Waals surface area contributed by atoms with Crippen LogP contribution in [0.5, 0.6) is 5.75 Å². The predicted octanol–water partition coefficient (Wildman–Crippen LogP) is 2.93. The van der Waals surface area contributed by atoms with Crippen LogP contribution in [-0.2, 0) is 0 Å². The van der Waals surface area contributed by atoms with E-state index in [9.17, 15) is 0 Å². The van der Waals surface area contributed by atoms with Crippen LogP contribution in [0.1, 0.15) is 0 Å². The Labute approximate surface area is 75.7 Å². The lowest BCUT2D eigenvalue weighted by molar-refractivity contribution is 0.415. The Kier molecular flexibility index (Phi) is 4.49. The fraction of sp³-hybridized carbons (Fsp3) is 0.143. The van der Waals surface area contributed by atoms with Gasteiger partial charge in [-0.2, -0.15) is 0 Å². The molecule has 10 heavy (non-hydrogen) atoms. The molecule has 0 radical (unpaired) electrons. The summed E-state index contributed by atoms with van der Waals surface area (Å²) >= 11 is 5.70. The van der Waals surface area contributed by atoms with Gasteiger partial charge < -0.3 is 4.74 Å². The van der Waals surface area contributed by atoms with E-state index in [4.69, 9.17) is 16.3 Å². The van der Waals surface area contributed by atoms with Crippen molar-refractivity contribution in [2.45, 2.75) is 0 Å². The third-order valence-electron chi connectivity index (χ3n) is 1.06. The van der Waals surface area contributed by atoms with Gasteiger partial charge in [0, 0.05) is 0 Å². The first-order chi connectivity index (χ1) is 4.34. The molecule has 0 N–H and O–H groups in total. The monoisotopic (exact) mass is 222 g/mol. The predicted molar refractivity (Wildman–Crippen MR) is 48.3 cm³/mol. The first-order valence-corrected chi connectivity index (χ1v) is 3.01. The molecule has 0 aliphatic rings. The van der Waals surface area contributed by atoms with Crippen LogP contribution in [0.15, 0.2) is 24.3 Å². The minimum atomic E-state index is 0. The zero-order valence-electron chi connectivity index (χ0n) is 5.50. The first kappa shape index (κ1) is 9.79. The largest absolute Gasteiger partial charge is 0.495 e. The molecule has 0 spiro atoms. The van der Waals surface area contributed by atoms with E-state index in [-0.39, 0.29) is 17.0 Å². The van der Waals surface area contributed by atoms with Gasteiger partial charge in [0.1, 0.15) is 5.75 Å². The minimum absolute atomic E-state index is 0. The maximum absolute atomic E-state index is 5.70. The van der Waals surface area contributed by atoms with Gasteiger partial charge in [-0.15, -0.1) is 17.0 Å². The van der Waals surface area contributed by atoms with Crippen molar-refractivity contribution < 1.29 is 4.74 Å². The lowest BCUT2D eigenvalue weighted by atomic mass is 10.3. The molecule has 0 heterocycles. The highest BCUT2D eigenvalue weighted by Crippen LogP contribution is 2.21. The molecule has 0 aliphatic carbocycles. The second kappa shape index (κ2) is 4.58. The Hall–Kier alpha value is -0.210. The number of hydrogen-bond donors (Lipinski definition) is 0. The van der Waals surface area contributed by atoms with Crippen molar-refractivity contribution in [2.75, 3.05) is 7.11 Å². The molecule has 0 aromatic heterocycles. The average molecular weight is 223 g/mol. The number of ether oxygens (including phenoxy) is 1. The summed E-state index contributed by atoms with van der Waals surface area (Å²) in [6.45, 7) is 0. The topological polar surface area (TPSA) is 9.23 Å². The maximum atomic E-state index is 5.70. The molecule has 0 unspecified atom stereocenters. The van der Waals surface area contributed by atoms with Crippen LogP contribution in [0.2, 0.25) is 5.02 Å². The van der Waals surface area contributed by atoms with Gasteiger partial charge in [0.25, 0.3) is 0 Å². The highest BCUT2D eigenvalue weighted by molar-refractivity contribution is 8.93. The zero-order chi connectivity index (χ0) is 6.69. The third kappa shape index (κ3) is 2.20. The van der Waals surface area contributed by atoms with Gasteiger partial charge >= 0.3 is 0 Å². The molecule has 0 aliphatic heterocycles. The van der Waals surface area contributed by atoms with Gasteiger partial charge in [-0.3, -0.25) is 0 Å². The number of methoxy groups -OCH3 is 1. The van der Waals surface area contributed by atoms with E-state index in [1.807, 2.05) is 18.2 Å². The number of benzene rings is 1. The summed E-state index contributed by atoms with van der Waals surface area (Å²) in [5, 5.41) is 0.653. The van der Waals surface area contributed by atoms with Crippen LogP contribution in [-0.4, -0.2) is 7.11 Å². The Balaban J connectivity index is 0.000000810. The Morgan fingerprint density at radius 1 is 1.30 bits per heavy atom. The molecule has 56 valence electrons. The molecule has 0 saturated heterocycles. The van der Waals surface area contributed by atoms with Crippen LogP contribution < -0.4 is 4.74 Å². The fourth-order valence-corrected chi connectivity index (χ4v) is 0.823. The van der Waals surface area contributed by atoms with Gasteiger partial charge in [0.05, 0.1) is 12.1 Å². The summed E-state index contributed by atoms with van der Waals surface area (Å²) in [4.78, 5) is 0. The van der Waals surface area contributed by atoms with E-state index in [0.717, 1.165) is 5.75 Å². The van der Waals surface area contributed by atoms with Gasteiger partial charge in [0.15, 0.2) is 0 Å². The molecule has 0 atom stereocenters. The van der Waals surface area contributed by atoms with Crippen molar-refractivity contribution in [1.29, 1.82) is 0 Å². The molecule has 3 heteroatoms. The smallest absolute Gasteiger partial charge is 0.137 e. The van der Waals surface area contributed by atoms with E-state index in [0.29, 0.717) is 5.02 Å². The van der Waals surface area contributed by atoms with E-state index in [1.54, 1.807) is 13.2 Å². The minimum Gasteiger partial charge on any atom is -0.495 e. The quantitative estimate of drug-likeness (QED) is 0.711. The van der Waals surface area contributed by atoms with Crippen molar-refractivity contribution in [3.8, 4) is 5.75 Å².